The van der Waals surface area contributed by atoms with Gasteiger partial charge >= 0.3 is 5.97 Å². The predicted molar refractivity (Wildman–Crippen MR) is 75.6 cm³/mol. The van der Waals surface area contributed by atoms with Gasteiger partial charge in [-0.05, 0) is 6.07 Å². The van der Waals surface area contributed by atoms with Gasteiger partial charge in [0, 0.05) is 23.4 Å². The summed E-state index contributed by atoms with van der Waals surface area (Å²) in [5, 5.41) is 18.4. The van der Waals surface area contributed by atoms with Gasteiger partial charge in [0.05, 0.1) is 17.4 Å². The average molecular weight is 275 g/mol. The summed E-state index contributed by atoms with van der Waals surface area (Å²) in [7, 11) is 0. The van der Waals surface area contributed by atoms with E-state index in [0.717, 1.165) is 28.9 Å². The molecule has 1 saturated heterocycles. The zero-order valence-corrected chi connectivity index (χ0v) is 11.0. The predicted octanol–water partition coefficient (Wildman–Crippen LogP) is 1.64. The van der Waals surface area contributed by atoms with E-state index in [-0.39, 0.29) is 0 Å². The number of carboxylic acid groups (broad SMARTS) is 1. The van der Waals surface area contributed by atoms with Crippen molar-refractivity contribution in [2.24, 2.45) is 0 Å². The minimum Gasteiger partial charge on any atom is -0.480 e. The van der Waals surface area contributed by atoms with Crippen LogP contribution in [0.15, 0.2) is 30.5 Å². The van der Waals surface area contributed by atoms with E-state index in [2.05, 4.69) is 10.2 Å². The molecule has 0 amide bonds. The highest BCUT2D eigenvalue weighted by molar-refractivity contribution is 7.99. The fourth-order valence-electron chi connectivity index (χ4n) is 2.32. The first kappa shape index (κ1) is 12.2. The molecule has 2 heterocycles. The molecule has 1 unspecified atom stereocenters. The minimum atomic E-state index is -0.784. The second-order valence-corrected chi connectivity index (χ2v) is 5.52. The van der Waals surface area contributed by atoms with Crippen molar-refractivity contribution in [1.29, 1.82) is 0 Å². The molecule has 19 heavy (non-hydrogen) atoms. The molecule has 5 nitrogen and oxygen atoms in total. The number of hydrogen-bond donors (Lipinski definition) is 1. The number of anilines is 1. The summed E-state index contributed by atoms with van der Waals surface area (Å²) >= 11 is 1.68. The lowest BCUT2D eigenvalue weighted by atomic mass is 10.1. The Morgan fingerprint density at radius 1 is 1.42 bits per heavy atom. The molecule has 1 N–H and O–H groups in total. The Balaban J connectivity index is 2.09. The second-order valence-electron chi connectivity index (χ2n) is 4.37. The molecule has 0 spiro atoms. The normalized spacial score (nSPS) is 19.6. The van der Waals surface area contributed by atoms with Gasteiger partial charge in [0.1, 0.15) is 6.04 Å². The molecule has 1 atom stereocenters. The molecule has 1 aromatic heterocycles. The van der Waals surface area contributed by atoms with E-state index in [0.29, 0.717) is 5.75 Å². The van der Waals surface area contributed by atoms with Crippen LogP contribution in [0, 0.1) is 0 Å². The number of rotatable bonds is 2. The van der Waals surface area contributed by atoms with Crippen molar-refractivity contribution in [2.75, 3.05) is 23.0 Å². The SMILES string of the molecule is O=C(O)C1CSCCN1c1cnnc2ccccc12. The van der Waals surface area contributed by atoms with Crippen LogP contribution in [0.25, 0.3) is 10.9 Å². The van der Waals surface area contributed by atoms with Crippen LogP contribution in [-0.4, -0.2) is 45.4 Å². The molecule has 3 rings (SSSR count). The summed E-state index contributed by atoms with van der Waals surface area (Å²) in [4.78, 5) is 13.3. The Bertz CT molecular complexity index is 614. The van der Waals surface area contributed by atoms with Crippen LogP contribution in [0.3, 0.4) is 0 Å². The van der Waals surface area contributed by atoms with Gasteiger partial charge in [0.25, 0.3) is 0 Å². The van der Waals surface area contributed by atoms with Gasteiger partial charge in [-0.3, -0.25) is 0 Å². The van der Waals surface area contributed by atoms with E-state index >= 15 is 0 Å². The van der Waals surface area contributed by atoms with Crippen LogP contribution in [0.1, 0.15) is 0 Å². The molecule has 0 aliphatic carbocycles. The third kappa shape index (κ3) is 2.23. The smallest absolute Gasteiger partial charge is 0.327 e. The Hall–Kier alpha value is -1.82. The maximum Gasteiger partial charge on any atom is 0.327 e. The van der Waals surface area contributed by atoms with Crippen molar-refractivity contribution in [3.05, 3.63) is 30.5 Å². The summed E-state index contributed by atoms with van der Waals surface area (Å²) in [5.74, 6) is 0.750. The molecule has 1 aromatic carbocycles. The maximum absolute atomic E-state index is 11.4. The number of thioether (sulfide) groups is 1. The lowest BCUT2D eigenvalue weighted by Gasteiger charge is -2.34. The van der Waals surface area contributed by atoms with Gasteiger partial charge in [0.2, 0.25) is 0 Å². The molecule has 0 radical (unpaired) electrons. The molecule has 0 saturated carbocycles. The van der Waals surface area contributed by atoms with Crippen molar-refractivity contribution in [1.82, 2.24) is 10.2 Å². The van der Waals surface area contributed by atoms with Gasteiger partial charge in [-0.25, -0.2) is 4.79 Å². The highest BCUT2D eigenvalue weighted by atomic mass is 32.2. The van der Waals surface area contributed by atoms with E-state index in [1.54, 1.807) is 18.0 Å². The van der Waals surface area contributed by atoms with Crippen LogP contribution >= 0.6 is 11.8 Å². The van der Waals surface area contributed by atoms with E-state index < -0.39 is 12.0 Å². The van der Waals surface area contributed by atoms with Crippen LogP contribution in [0.2, 0.25) is 0 Å². The quantitative estimate of drug-likeness (QED) is 0.898. The lowest BCUT2D eigenvalue weighted by molar-refractivity contribution is -0.138. The summed E-state index contributed by atoms with van der Waals surface area (Å²) < 4.78 is 0. The van der Waals surface area contributed by atoms with Crippen LogP contribution in [-0.2, 0) is 4.79 Å². The lowest BCUT2D eigenvalue weighted by Crippen LogP contribution is -2.47. The maximum atomic E-state index is 11.4. The van der Waals surface area contributed by atoms with Gasteiger partial charge in [-0.1, -0.05) is 18.2 Å². The highest BCUT2D eigenvalue weighted by Gasteiger charge is 2.30. The zero-order valence-electron chi connectivity index (χ0n) is 10.2. The summed E-state index contributed by atoms with van der Waals surface area (Å²) in [5.41, 5.74) is 1.65. The van der Waals surface area contributed by atoms with E-state index in [9.17, 15) is 9.90 Å². The van der Waals surface area contributed by atoms with Gasteiger partial charge in [-0.2, -0.15) is 22.0 Å². The molecule has 2 aromatic rings. The van der Waals surface area contributed by atoms with E-state index in [1.165, 1.54) is 0 Å². The minimum absolute atomic E-state index is 0.494. The number of fused-ring (bicyclic) bond motifs is 1. The first-order valence-corrected chi connectivity index (χ1v) is 7.20. The molecular weight excluding hydrogens is 262 g/mol. The van der Waals surface area contributed by atoms with E-state index in [4.69, 9.17) is 0 Å². The number of hydrogen-bond acceptors (Lipinski definition) is 5. The molecule has 1 aliphatic heterocycles. The highest BCUT2D eigenvalue weighted by Crippen LogP contribution is 2.29. The monoisotopic (exact) mass is 275 g/mol. The molecular formula is C13H13N3O2S. The van der Waals surface area contributed by atoms with Gasteiger partial charge in [-0.15, -0.1) is 0 Å². The van der Waals surface area contributed by atoms with Crippen LogP contribution in [0.4, 0.5) is 5.69 Å². The standard InChI is InChI=1S/C13H13N3O2S/c17-13(18)12-8-19-6-5-16(12)11-7-14-15-10-4-2-1-3-9(10)11/h1-4,7,12H,5-6,8H2,(H,17,18). The number of aromatic nitrogens is 2. The molecule has 1 fully saturated rings. The topological polar surface area (TPSA) is 66.3 Å². The molecule has 0 bridgehead atoms. The first-order valence-electron chi connectivity index (χ1n) is 6.05. The first-order chi connectivity index (χ1) is 9.27. The molecule has 6 heteroatoms. The Morgan fingerprint density at radius 3 is 3.11 bits per heavy atom. The number of nitrogens with zero attached hydrogens (tertiary/aromatic N) is 3. The number of carbonyl (C=O) groups is 1. The number of carboxylic acids is 1. The second kappa shape index (κ2) is 5.05. The molecule has 98 valence electrons. The summed E-state index contributed by atoms with van der Waals surface area (Å²) in [6, 6.07) is 7.19. The van der Waals surface area contributed by atoms with Crippen molar-refractivity contribution >= 4 is 34.3 Å². The fraction of sp³-hybridized carbons (Fsp3) is 0.308. The van der Waals surface area contributed by atoms with Gasteiger partial charge in [0.15, 0.2) is 0 Å². The van der Waals surface area contributed by atoms with Gasteiger partial charge < -0.3 is 10.0 Å². The van der Waals surface area contributed by atoms with E-state index in [1.807, 2.05) is 29.2 Å². The molecule has 1 aliphatic rings. The summed E-state index contributed by atoms with van der Waals surface area (Å²) in [6.45, 7) is 0.720. The largest absolute Gasteiger partial charge is 0.480 e. The van der Waals surface area contributed by atoms with Crippen molar-refractivity contribution in [3.8, 4) is 0 Å². The summed E-state index contributed by atoms with van der Waals surface area (Å²) in [6.07, 6.45) is 1.66. The van der Waals surface area contributed by atoms with Crippen LogP contribution < -0.4 is 4.90 Å². The zero-order chi connectivity index (χ0) is 13.2. The Kier molecular flexibility index (Phi) is 3.25. The number of benzene rings is 1. The Morgan fingerprint density at radius 2 is 2.26 bits per heavy atom. The van der Waals surface area contributed by atoms with Crippen molar-refractivity contribution < 1.29 is 9.90 Å². The van der Waals surface area contributed by atoms with Crippen molar-refractivity contribution in [3.63, 3.8) is 0 Å². The third-order valence-electron chi connectivity index (χ3n) is 3.25. The Labute approximate surface area is 114 Å². The van der Waals surface area contributed by atoms with Crippen molar-refractivity contribution in [2.45, 2.75) is 6.04 Å². The third-order valence-corrected chi connectivity index (χ3v) is 4.27. The fourth-order valence-corrected chi connectivity index (χ4v) is 3.36. The number of aliphatic carboxylic acids is 1. The van der Waals surface area contributed by atoms with Crippen LogP contribution in [0.5, 0.6) is 0 Å². The average Bonchev–Trinajstić information content (AvgIpc) is 2.46.